The van der Waals surface area contributed by atoms with Gasteiger partial charge in [0, 0.05) is 24.3 Å². The summed E-state index contributed by atoms with van der Waals surface area (Å²) in [7, 11) is 0. The predicted octanol–water partition coefficient (Wildman–Crippen LogP) is 5.70. The molecule has 0 unspecified atom stereocenters. The Labute approximate surface area is 177 Å². The highest BCUT2D eigenvalue weighted by molar-refractivity contribution is 7.98. The molecule has 144 valence electrons. The summed E-state index contributed by atoms with van der Waals surface area (Å²) in [6, 6.07) is 13.4. The Morgan fingerprint density at radius 1 is 1.18 bits per heavy atom. The Kier molecular flexibility index (Phi) is 5.62. The van der Waals surface area contributed by atoms with E-state index in [1.807, 2.05) is 36.4 Å². The van der Waals surface area contributed by atoms with Crippen molar-refractivity contribution in [2.75, 3.05) is 5.32 Å². The van der Waals surface area contributed by atoms with Gasteiger partial charge in [-0.3, -0.25) is 9.36 Å². The first kappa shape index (κ1) is 19.3. The molecule has 1 fully saturated rings. The van der Waals surface area contributed by atoms with Gasteiger partial charge in [-0.1, -0.05) is 47.1 Å². The van der Waals surface area contributed by atoms with Gasteiger partial charge < -0.3 is 5.32 Å². The summed E-state index contributed by atoms with van der Waals surface area (Å²) in [4.78, 5) is 11.4. The van der Waals surface area contributed by atoms with E-state index >= 15 is 0 Å². The number of rotatable bonds is 6. The molecule has 0 saturated heterocycles. The Balaban J connectivity index is 1.64. The van der Waals surface area contributed by atoms with E-state index in [2.05, 4.69) is 20.1 Å². The van der Waals surface area contributed by atoms with E-state index in [1.54, 1.807) is 17.8 Å². The van der Waals surface area contributed by atoms with Crippen molar-refractivity contribution in [2.24, 2.45) is 0 Å². The standard InChI is InChI=1S/C20H18Cl2N4OS/c1-12(27)23-15-3-2-4-16(10-15)26-19(14-6-7-14)24-25-20(26)28-11-13-5-8-17(21)18(22)9-13/h2-5,8-10,14H,6-7,11H2,1H3,(H,23,27). The van der Waals surface area contributed by atoms with Crippen LogP contribution in [0.3, 0.4) is 0 Å². The van der Waals surface area contributed by atoms with Crippen molar-refractivity contribution >= 4 is 46.6 Å². The smallest absolute Gasteiger partial charge is 0.221 e. The van der Waals surface area contributed by atoms with Gasteiger partial charge in [0.05, 0.1) is 15.7 Å². The number of anilines is 1. The van der Waals surface area contributed by atoms with Crippen LogP contribution in [0.1, 0.15) is 37.1 Å². The summed E-state index contributed by atoms with van der Waals surface area (Å²) >= 11 is 13.7. The molecule has 1 N–H and O–H groups in total. The van der Waals surface area contributed by atoms with Crippen LogP contribution in [-0.2, 0) is 10.5 Å². The van der Waals surface area contributed by atoms with Crippen molar-refractivity contribution in [1.82, 2.24) is 14.8 Å². The third kappa shape index (κ3) is 4.35. The molecular weight excluding hydrogens is 415 g/mol. The van der Waals surface area contributed by atoms with Crippen LogP contribution in [0.25, 0.3) is 5.69 Å². The molecule has 1 heterocycles. The number of benzene rings is 2. The molecule has 0 radical (unpaired) electrons. The van der Waals surface area contributed by atoms with Gasteiger partial charge in [0.25, 0.3) is 0 Å². The lowest BCUT2D eigenvalue weighted by atomic mass is 10.2. The van der Waals surface area contributed by atoms with Crippen LogP contribution in [-0.4, -0.2) is 20.7 Å². The summed E-state index contributed by atoms with van der Waals surface area (Å²) in [6.45, 7) is 1.50. The lowest BCUT2D eigenvalue weighted by molar-refractivity contribution is -0.114. The Bertz CT molecular complexity index is 1030. The molecule has 0 bridgehead atoms. The first-order chi connectivity index (χ1) is 13.5. The molecule has 0 aliphatic heterocycles. The van der Waals surface area contributed by atoms with Crippen LogP contribution in [0.4, 0.5) is 5.69 Å². The molecule has 8 heteroatoms. The molecule has 0 atom stereocenters. The third-order valence-electron chi connectivity index (χ3n) is 4.38. The fourth-order valence-electron chi connectivity index (χ4n) is 2.93. The highest BCUT2D eigenvalue weighted by Gasteiger charge is 2.31. The Morgan fingerprint density at radius 3 is 2.71 bits per heavy atom. The Morgan fingerprint density at radius 2 is 2.00 bits per heavy atom. The summed E-state index contributed by atoms with van der Waals surface area (Å²) in [5, 5.41) is 13.6. The molecule has 1 aliphatic carbocycles. The number of aromatic nitrogens is 3. The number of thioether (sulfide) groups is 1. The SMILES string of the molecule is CC(=O)Nc1cccc(-n2c(SCc3ccc(Cl)c(Cl)c3)nnc2C2CC2)c1. The zero-order valence-corrected chi connectivity index (χ0v) is 17.5. The fourth-order valence-corrected chi connectivity index (χ4v) is 4.15. The second kappa shape index (κ2) is 8.15. The summed E-state index contributed by atoms with van der Waals surface area (Å²) in [6.07, 6.45) is 2.25. The van der Waals surface area contributed by atoms with Gasteiger partial charge in [-0.25, -0.2) is 0 Å². The number of amides is 1. The van der Waals surface area contributed by atoms with Gasteiger partial charge in [0.2, 0.25) is 5.91 Å². The maximum atomic E-state index is 11.4. The minimum atomic E-state index is -0.0995. The number of halogens is 2. The van der Waals surface area contributed by atoms with Crippen LogP contribution in [0.15, 0.2) is 47.6 Å². The Hall–Kier alpha value is -2.02. The number of nitrogens with zero attached hydrogens (tertiary/aromatic N) is 3. The van der Waals surface area contributed by atoms with Gasteiger partial charge in [-0.15, -0.1) is 10.2 Å². The van der Waals surface area contributed by atoms with E-state index in [9.17, 15) is 4.79 Å². The average Bonchev–Trinajstić information content (AvgIpc) is 3.42. The van der Waals surface area contributed by atoms with Crippen molar-refractivity contribution in [3.05, 3.63) is 63.9 Å². The number of hydrogen-bond acceptors (Lipinski definition) is 4. The molecule has 1 amide bonds. The minimum Gasteiger partial charge on any atom is -0.326 e. The van der Waals surface area contributed by atoms with E-state index in [1.165, 1.54) is 6.92 Å². The molecule has 28 heavy (non-hydrogen) atoms. The van der Waals surface area contributed by atoms with Gasteiger partial charge in [0.15, 0.2) is 5.16 Å². The summed E-state index contributed by atoms with van der Waals surface area (Å²) in [5.74, 6) is 2.01. The van der Waals surface area contributed by atoms with Crippen molar-refractivity contribution in [2.45, 2.75) is 36.6 Å². The van der Waals surface area contributed by atoms with Gasteiger partial charge in [-0.2, -0.15) is 0 Å². The van der Waals surface area contributed by atoms with Crippen LogP contribution >= 0.6 is 35.0 Å². The largest absolute Gasteiger partial charge is 0.326 e. The van der Waals surface area contributed by atoms with E-state index in [4.69, 9.17) is 23.2 Å². The lowest BCUT2D eigenvalue weighted by Gasteiger charge is -2.12. The van der Waals surface area contributed by atoms with Gasteiger partial charge in [0.1, 0.15) is 5.82 Å². The number of nitrogens with one attached hydrogen (secondary N) is 1. The van der Waals surface area contributed by atoms with E-state index < -0.39 is 0 Å². The topological polar surface area (TPSA) is 59.8 Å². The molecule has 3 aromatic rings. The average molecular weight is 433 g/mol. The first-order valence-corrected chi connectivity index (χ1v) is 10.7. The van der Waals surface area contributed by atoms with Crippen LogP contribution in [0, 0.1) is 0 Å². The van der Waals surface area contributed by atoms with E-state index in [0.717, 1.165) is 40.8 Å². The van der Waals surface area contributed by atoms with Crippen molar-refractivity contribution in [1.29, 1.82) is 0 Å². The van der Waals surface area contributed by atoms with E-state index in [0.29, 0.717) is 21.7 Å². The molecule has 4 rings (SSSR count). The van der Waals surface area contributed by atoms with Crippen molar-refractivity contribution in [3.8, 4) is 5.69 Å². The number of carbonyl (C=O) groups is 1. The molecule has 0 spiro atoms. The minimum absolute atomic E-state index is 0.0995. The van der Waals surface area contributed by atoms with Crippen molar-refractivity contribution in [3.63, 3.8) is 0 Å². The van der Waals surface area contributed by atoms with Crippen LogP contribution < -0.4 is 5.32 Å². The number of carbonyl (C=O) groups excluding carboxylic acids is 1. The normalized spacial score (nSPS) is 13.5. The second-order valence-corrected chi connectivity index (χ2v) is 8.48. The number of hydrogen-bond donors (Lipinski definition) is 1. The molecule has 2 aromatic carbocycles. The maximum Gasteiger partial charge on any atom is 0.221 e. The molecule has 1 aromatic heterocycles. The second-order valence-electron chi connectivity index (χ2n) is 6.72. The highest BCUT2D eigenvalue weighted by atomic mass is 35.5. The lowest BCUT2D eigenvalue weighted by Crippen LogP contribution is -2.07. The third-order valence-corrected chi connectivity index (χ3v) is 6.12. The zero-order valence-electron chi connectivity index (χ0n) is 15.2. The van der Waals surface area contributed by atoms with Gasteiger partial charge >= 0.3 is 0 Å². The van der Waals surface area contributed by atoms with Crippen molar-refractivity contribution < 1.29 is 4.79 Å². The van der Waals surface area contributed by atoms with Crippen LogP contribution in [0.2, 0.25) is 10.0 Å². The predicted molar refractivity (Wildman–Crippen MR) is 114 cm³/mol. The van der Waals surface area contributed by atoms with E-state index in [-0.39, 0.29) is 5.91 Å². The molecule has 1 aliphatic rings. The maximum absolute atomic E-state index is 11.4. The van der Waals surface area contributed by atoms with Gasteiger partial charge in [-0.05, 0) is 48.7 Å². The highest BCUT2D eigenvalue weighted by Crippen LogP contribution is 2.41. The first-order valence-electron chi connectivity index (χ1n) is 8.91. The summed E-state index contributed by atoms with van der Waals surface area (Å²) < 4.78 is 2.09. The molecule has 5 nitrogen and oxygen atoms in total. The zero-order chi connectivity index (χ0) is 19.7. The molecule has 1 saturated carbocycles. The molecular formula is C20H18Cl2N4OS. The monoisotopic (exact) mass is 432 g/mol. The quantitative estimate of drug-likeness (QED) is 0.507. The van der Waals surface area contributed by atoms with Crippen LogP contribution in [0.5, 0.6) is 0 Å². The fraction of sp³-hybridized carbons (Fsp3) is 0.250. The summed E-state index contributed by atoms with van der Waals surface area (Å²) in [5.41, 5.74) is 2.75.